The minimum absolute atomic E-state index is 0.00148. The number of hydrogen-bond acceptors (Lipinski definition) is 4. The van der Waals surface area contributed by atoms with Gasteiger partial charge in [-0.1, -0.05) is 32.6 Å². The molecule has 2 fully saturated rings. The summed E-state index contributed by atoms with van der Waals surface area (Å²) in [6, 6.07) is 8.39. The van der Waals surface area contributed by atoms with E-state index in [1.165, 1.54) is 32.2 Å². The maximum atomic E-state index is 13.0. The largest absolute Gasteiger partial charge is 0.492 e. The molecule has 1 atom stereocenters. The summed E-state index contributed by atoms with van der Waals surface area (Å²) in [6.45, 7) is 7.87. The van der Waals surface area contributed by atoms with Crippen molar-refractivity contribution in [2.75, 3.05) is 31.6 Å². The Morgan fingerprint density at radius 3 is 2.55 bits per heavy atom. The van der Waals surface area contributed by atoms with Crippen molar-refractivity contribution in [3.63, 3.8) is 0 Å². The molecule has 0 aromatic heterocycles. The second-order valence-corrected chi connectivity index (χ2v) is 8.61. The first-order valence-corrected chi connectivity index (χ1v) is 11.6. The van der Waals surface area contributed by atoms with Crippen LogP contribution in [0.2, 0.25) is 0 Å². The Morgan fingerprint density at radius 1 is 1.10 bits per heavy atom. The van der Waals surface area contributed by atoms with Crippen LogP contribution in [0.25, 0.3) is 0 Å². The minimum atomic E-state index is -0.658. The van der Waals surface area contributed by atoms with E-state index in [0.29, 0.717) is 19.3 Å². The highest BCUT2D eigenvalue weighted by Gasteiger charge is 2.40. The van der Waals surface area contributed by atoms with Crippen LogP contribution in [-0.4, -0.2) is 48.8 Å². The normalized spacial score (nSPS) is 22.2. The van der Waals surface area contributed by atoms with Gasteiger partial charge in [0.1, 0.15) is 18.0 Å². The third kappa shape index (κ3) is 6.19. The molecule has 1 aromatic carbocycles. The maximum Gasteiger partial charge on any atom is 0.256 e. The first-order chi connectivity index (χ1) is 14.1. The third-order valence-electron chi connectivity index (χ3n) is 6.36. The van der Waals surface area contributed by atoms with E-state index in [1.807, 2.05) is 24.3 Å². The highest BCUT2D eigenvalue weighted by atomic mass is 16.5. The predicted molar refractivity (Wildman–Crippen MR) is 118 cm³/mol. The van der Waals surface area contributed by atoms with Crippen LogP contribution >= 0.6 is 0 Å². The highest BCUT2D eigenvalue weighted by molar-refractivity contribution is 5.97. The molecule has 1 heterocycles. The molecule has 1 saturated carbocycles. The zero-order valence-electron chi connectivity index (χ0n) is 18.3. The molecule has 1 aliphatic heterocycles. The van der Waals surface area contributed by atoms with Gasteiger partial charge in [-0.25, -0.2) is 0 Å². The number of benzene rings is 1. The van der Waals surface area contributed by atoms with E-state index in [4.69, 9.17) is 9.47 Å². The number of anilines is 1. The average Bonchev–Trinajstić information content (AvgIpc) is 2.75. The van der Waals surface area contributed by atoms with Crippen molar-refractivity contribution in [3.05, 3.63) is 24.3 Å². The highest BCUT2D eigenvalue weighted by Crippen LogP contribution is 2.33. The fourth-order valence-electron chi connectivity index (χ4n) is 4.51. The summed E-state index contributed by atoms with van der Waals surface area (Å²) in [7, 11) is 0. The van der Waals surface area contributed by atoms with Gasteiger partial charge in [0.05, 0.1) is 0 Å². The standard InChI is InChI=1S/C24H38N2O3/c1-3-18-29-24(14-6-4-7-15-24)23(27)25-21-10-12-22(13-11-21)28-19-17-26-16-8-5-9-20(26)2/h10-13,20H,3-9,14-19H2,1-2H3,(H,25,27)/t20-/m0/s1. The van der Waals surface area contributed by atoms with Crippen molar-refractivity contribution in [1.82, 2.24) is 4.90 Å². The summed E-state index contributed by atoms with van der Waals surface area (Å²) in [5.74, 6) is 0.848. The zero-order chi connectivity index (χ0) is 20.5. The summed E-state index contributed by atoms with van der Waals surface area (Å²) >= 11 is 0. The summed E-state index contributed by atoms with van der Waals surface area (Å²) in [5, 5.41) is 3.07. The molecule has 1 amide bonds. The van der Waals surface area contributed by atoms with Crippen LogP contribution in [0.4, 0.5) is 5.69 Å². The third-order valence-corrected chi connectivity index (χ3v) is 6.36. The van der Waals surface area contributed by atoms with Crippen LogP contribution in [0.1, 0.15) is 71.6 Å². The number of nitrogens with zero attached hydrogens (tertiary/aromatic N) is 1. The Morgan fingerprint density at radius 2 is 1.86 bits per heavy atom. The van der Waals surface area contributed by atoms with Gasteiger partial charge in [-0.2, -0.15) is 0 Å². The number of nitrogens with one attached hydrogen (secondary N) is 1. The summed E-state index contributed by atoms with van der Waals surface area (Å²) in [5.41, 5.74) is 0.145. The topological polar surface area (TPSA) is 50.8 Å². The molecule has 5 heteroatoms. The predicted octanol–water partition coefficient (Wildman–Crippen LogP) is 5.01. The smallest absolute Gasteiger partial charge is 0.256 e. The van der Waals surface area contributed by atoms with Crippen molar-refractivity contribution < 1.29 is 14.3 Å². The molecular formula is C24H38N2O3. The molecule has 0 bridgehead atoms. The van der Waals surface area contributed by atoms with Gasteiger partial charge in [0, 0.05) is 24.9 Å². The second kappa shape index (κ2) is 11.0. The van der Waals surface area contributed by atoms with Crippen LogP contribution in [0.5, 0.6) is 5.75 Å². The molecule has 162 valence electrons. The lowest BCUT2D eigenvalue weighted by molar-refractivity contribution is -0.146. The monoisotopic (exact) mass is 402 g/mol. The van der Waals surface area contributed by atoms with Crippen molar-refractivity contribution >= 4 is 11.6 Å². The first-order valence-electron chi connectivity index (χ1n) is 11.6. The molecule has 1 aliphatic carbocycles. The number of hydrogen-bond donors (Lipinski definition) is 1. The lowest BCUT2D eigenvalue weighted by Gasteiger charge is -2.35. The van der Waals surface area contributed by atoms with Gasteiger partial charge in [-0.15, -0.1) is 0 Å². The molecule has 2 aliphatic rings. The van der Waals surface area contributed by atoms with Crippen LogP contribution in [-0.2, 0) is 9.53 Å². The molecule has 1 N–H and O–H groups in total. The van der Waals surface area contributed by atoms with E-state index in [2.05, 4.69) is 24.1 Å². The number of amides is 1. The molecule has 1 aromatic rings. The average molecular weight is 403 g/mol. The summed E-state index contributed by atoms with van der Waals surface area (Å²) in [6.07, 6.45) is 9.78. The van der Waals surface area contributed by atoms with Gasteiger partial charge in [0.2, 0.25) is 0 Å². The first kappa shape index (κ1) is 22.1. The Balaban J connectivity index is 1.49. The van der Waals surface area contributed by atoms with Crippen LogP contribution in [0, 0.1) is 0 Å². The van der Waals surface area contributed by atoms with Crippen LogP contribution in [0.3, 0.4) is 0 Å². The molecule has 0 radical (unpaired) electrons. The fraction of sp³-hybridized carbons (Fsp3) is 0.708. The van der Waals surface area contributed by atoms with Gasteiger partial charge >= 0.3 is 0 Å². The second-order valence-electron chi connectivity index (χ2n) is 8.61. The van der Waals surface area contributed by atoms with Gasteiger partial charge in [0.25, 0.3) is 5.91 Å². The Bertz CT molecular complexity index is 626. The van der Waals surface area contributed by atoms with Crippen molar-refractivity contribution in [1.29, 1.82) is 0 Å². The van der Waals surface area contributed by atoms with E-state index in [1.54, 1.807) is 0 Å². The Kier molecular flexibility index (Phi) is 8.37. The number of ether oxygens (including phenoxy) is 2. The number of rotatable bonds is 9. The lowest BCUT2D eigenvalue weighted by atomic mass is 9.83. The summed E-state index contributed by atoms with van der Waals surface area (Å²) < 4.78 is 12.0. The zero-order valence-corrected chi connectivity index (χ0v) is 18.3. The van der Waals surface area contributed by atoms with E-state index >= 15 is 0 Å². The number of carbonyl (C=O) groups excluding carboxylic acids is 1. The Hall–Kier alpha value is -1.59. The molecule has 5 nitrogen and oxygen atoms in total. The van der Waals surface area contributed by atoms with E-state index in [-0.39, 0.29) is 5.91 Å². The van der Waals surface area contributed by atoms with E-state index in [9.17, 15) is 4.79 Å². The van der Waals surface area contributed by atoms with Gasteiger partial charge in [-0.05, 0) is 69.8 Å². The van der Waals surface area contributed by atoms with Gasteiger partial charge in [0.15, 0.2) is 0 Å². The van der Waals surface area contributed by atoms with Crippen molar-refractivity contribution in [2.45, 2.75) is 83.3 Å². The molecular weight excluding hydrogens is 364 g/mol. The molecule has 0 spiro atoms. The van der Waals surface area contributed by atoms with Crippen LogP contribution in [0.15, 0.2) is 24.3 Å². The minimum Gasteiger partial charge on any atom is -0.492 e. The van der Waals surface area contributed by atoms with E-state index in [0.717, 1.165) is 50.1 Å². The lowest BCUT2D eigenvalue weighted by Crippen LogP contribution is -2.47. The van der Waals surface area contributed by atoms with Gasteiger partial charge in [-0.3, -0.25) is 9.69 Å². The van der Waals surface area contributed by atoms with E-state index < -0.39 is 5.60 Å². The maximum absolute atomic E-state index is 13.0. The fourth-order valence-corrected chi connectivity index (χ4v) is 4.51. The van der Waals surface area contributed by atoms with Crippen molar-refractivity contribution in [3.8, 4) is 5.75 Å². The molecule has 0 unspecified atom stereocenters. The quantitative estimate of drug-likeness (QED) is 0.631. The molecule has 1 saturated heterocycles. The molecule has 3 rings (SSSR count). The number of carbonyl (C=O) groups is 1. The SMILES string of the molecule is CCCOC1(C(=O)Nc2ccc(OCCN3CCCC[C@@H]3C)cc2)CCCCC1. The number of likely N-dealkylation sites (tertiary alicyclic amines) is 1. The van der Waals surface area contributed by atoms with Crippen molar-refractivity contribution in [2.24, 2.45) is 0 Å². The van der Waals surface area contributed by atoms with Crippen LogP contribution < -0.4 is 10.1 Å². The Labute approximate surface area is 176 Å². The summed E-state index contributed by atoms with van der Waals surface area (Å²) in [4.78, 5) is 15.5. The molecule has 29 heavy (non-hydrogen) atoms. The van der Waals surface area contributed by atoms with Gasteiger partial charge < -0.3 is 14.8 Å². The number of piperidine rings is 1.